The summed E-state index contributed by atoms with van der Waals surface area (Å²) in [5.74, 6) is -0.202. The van der Waals surface area contributed by atoms with Crippen LogP contribution in [0.5, 0.6) is 0 Å². The molecular weight excluding hydrogens is 444 g/mol. The average molecular weight is 467 g/mol. The Bertz CT molecular complexity index is 1390. The maximum absolute atomic E-state index is 13.3. The number of amides is 1. The predicted octanol–water partition coefficient (Wildman–Crippen LogP) is 5.13. The third-order valence-corrected chi connectivity index (χ3v) is 6.29. The summed E-state index contributed by atoms with van der Waals surface area (Å²) in [6, 6.07) is 27.5. The molecule has 7 nitrogen and oxygen atoms in total. The van der Waals surface area contributed by atoms with E-state index in [9.17, 15) is 4.79 Å². The number of benzene rings is 3. The molecule has 0 unspecified atom stereocenters. The highest BCUT2D eigenvalue weighted by atomic mass is 32.2. The van der Waals surface area contributed by atoms with Gasteiger partial charge in [0.1, 0.15) is 12.0 Å². The van der Waals surface area contributed by atoms with Crippen LogP contribution in [-0.2, 0) is 13.6 Å². The highest BCUT2D eigenvalue weighted by Gasteiger charge is 2.18. The van der Waals surface area contributed by atoms with E-state index in [1.165, 1.54) is 11.8 Å². The van der Waals surface area contributed by atoms with Gasteiger partial charge in [0, 0.05) is 29.4 Å². The van der Waals surface area contributed by atoms with Gasteiger partial charge in [-0.05, 0) is 41.6 Å². The second kappa shape index (κ2) is 9.76. The lowest BCUT2D eigenvalue weighted by molar-refractivity contribution is 0.102. The number of nitrogens with one attached hydrogen (secondary N) is 1. The largest absolute Gasteiger partial charge is 0.322 e. The Hall–Kier alpha value is -4.17. The number of carbonyl (C=O) groups is 1. The summed E-state index contributed by atoms with van der Waals surface area (Å²) in [5.41, 5.74) is 3.91. The summed E-state index contributed by atoms with van der Waals surface area (Å²) in [6.45, 7) is 0.585. The van der Waals surface area contributed by atoms with Gasteiger partial charge in [-0.25, -0.2) is 0 Å². The zero-order valence-corrected chi connectivity index (χ0v) is 19.3. The molecule has 0 saturated heterocycles. The lowest BCUT2D eigenvalue weighted by Gasteiger charge is -2.07. The van der Waals surface area contributed by atoms with Crippen LogP contribution < -0.4 is 5.32 Å². The molecule has 168 valence electrons. The van der Waals surface area contributed by atoms with Crippen molar-refractivity contribution in [2.45, 2.75) is 16.6 Å². The fourth-order valence-electron chi connectivity index (χ4n) is 3.52. The van der Waals surface area contributed by atoms with Crippen LogP contribution in [0.2, 0.25) is 0 Å². The Morgan fingerprint density at radius 3 is 2.32 bits per heavy atom. The van der Waals surface area contributed by atoms with Crippen LogP contribution in [-0.4, -0.2) is 30.5 Å². The summed E-state index contributed by atoms with van der Waals surface area (Å²) in [4.78, 5) is 14.3. The maximum atomic E-state index is 13.3. The van der Waals surface area contributed by atoms with Crippen molar-refractivity contribution < 1.29 is 4.79 Å². The first-order valence-electron chi connectivity index (χ1n) is 10.8. The molecule has 2 heterocycles. The molecule has 3 aromatic carbocycles. The third-order valence-electron chi connectivity index (χ3n) is 5.23. The molecule has 5 rings (SSSR count). The first kappa shape index (κ1) is 21.7. The topological polar surface area (TPSA) is 77.6 Å². The van der Waals surface area contributed by atoms with E-state index in [0.717, 1.165) is 21.2 Å². The van der Waals surface area contributed by atoms with Crippen molar-refractivity contribution in [3.63, 3.8) is 0 Å². The molecule has 0 fully saturated rings. The molecular formula is C26H22N6OS. The van der Waals surface area contributed by atoms with E-state index in [1.807, 2.05) is 107 Å². The Kier molecular flexibility index (Phi) is 6.22. The first-order chi connectivity index (χ1) is 16.7. The van der Waals surface area contributed by atoms with Gasteiger partial charge >= 0.3 is 0 Å². The number of hydrogen-bond donors (Lipinski definition) is 1. The lowest BCUT2D eigenvalue weighted by Crippen LogP contribution is -2.12. The SMILES string of the molecule is Cn1cnnc1Sc1ccc(NC(=O)c2cn(Cc3ccccc3)nc2-c2ccccc2)cc1. The number of aromatic nitrogens is 5. The minimum absolute atomic E-state index is 0.202. The van der Waals surface area contributed by atoms with Gasteiger partial charge in [0.05, 0.1) is 12.1 Å². The zero-order chi connectivity index (χ0) is 23.3. The molecule has 8 heteroatoms. The van der Waals surface area contributed by atoms with E-state index < -0.39 is 0 Å². The lowest BCUT2D eigenvalue weighted by atomic mass is 10.1. The van der Waals surface area contributed by atoms with E-state index in [4.69, 9.17) is 5.10 Å². The van der Waals surface area contributed by atoms with E-state index in [2.05, 4.69) is 15.5 Å². The van der Waals surface area contributed by atoms with Crippen LogP contribution >= 0.6 is 11.8 Å². The molecule has 1 amide bonds. The summed E-state index contributed by atoms with van der Waals surface area (Å²) in [5, 5.41) is 16.5. The maximum Gasteiger partial charge on any atom is 0.259 e. The van der Waals surface area contributed by atoms with Crippen molar-refractivity contribution >= 4 is 23.4 Å². The highest BCUT2D eigenvalue weighted by molar-refractivity contribution is 7.99. The zero-order valence-electron chi connectivity index (χ0n) is 18.5. The van der Waals surface area contributed by atoms with E-state index >= 15 is 0 Å². The fourth-order valence-corrected chi connectivity index (χ4v) is 4.29. The number of hydrogen-bond acceptors (Lipinski definition) is 5. The normalized spacial score (nSPS) is 10.9. The van der Waals surface area contributed by atoms with Gasteiger partial charge in [-0.1, -0.05) is 60.7 Å². The quantitative estimate of drug-likeness (QED) is 0.360. The van der Waals surface area contributed by atoms with Gasteiger partial charge in [0.15, 0.2) is 5.16 Å². The van der Waals surface area contributed by atoms with Gasteiger partial charge in [0.25, 0.3) is 5.91 Å². The summed E-state index contributed by atoms with van der Waals surface area (Å²) in [7, 11) is 1.90. The molecule has 0 aliphatic rings. The molecule has 34 heavy (non-hydrogen) atoms. The molecule has 5 aromatic rings. The number of anilines is 1. The van der Waals surface area contributed by atoms with Crippen LogP contribution in [0.3, 0.4) is 0 Å². The molecule has 0 aliphatic heterocycles. The van der Waals surface area contributed by atoms with Crippen LogP contribution in [0.1, 0.15) is 15.9 Å². The van der Waals surface area contributed by atoms with Gasteiger partial charge in [-0.3, -0.25) is 9.48 Å². The second-order valence-electron chi connectivity index (χ2n) is 7.75. The number of nitrogens with zero attached hydrogens (tertiary/aromatic N) is 5. The molecule has 2 aromatic heterocycles. The predicted molar refractivity (Wildman–Crippen MR) is 133 cm³/mol. The Morgan fingerprint density at radius 1 is 0.941 bits per heavy atom. The molecule has 0 aliphatic carbocycles. The fraction of sp³-hybridized carbons (Fsp3) is 0.0769. The van der Waals surface area contributed by atoms with Crippen LogP contribution in [0, 0.1) is 0 Å². The minimum atomic E-state index is -0.202. The van der Waals surface area contributed by atoms with Crippen molar-refractivity contribution in [3.05, 3.63) is 109 Å². The first-order valence-corrected chi connectivity index (χ1v) is 11.6. The van der Waals surface area contributed by atoms with Gasteiger partial charge < -0.3 is 9.88 Å². The monoisotopic (exact) mass is 466 g/mol. The smallest absolute Gasteiger partial charge is 0.259 e. The van der Waals surface area contributed by atoms with E-state index in [-0.39, 0.29) is 5.91 Å². The standard InChI is InChI=1S/C26H22N6OS/c1-31-18-27-29-26(31)34-22-14-12-21(13-15-22)28-25(33)23-17-32(16-19-8-4-2-5-9-19)30-24(23)20-10-6-3-7-11-20/h2-15,17-18H,16H2,1H3,(H,28,33). The number of rotatable bonds is 7. The van der Waals surface area contributed by atoms with Crippen molar-refractivity contribution in [1.82, 2.24) is 24.5 Å². The van der Waals surface area contributed by atoms with E-state index in [1.54, 1.807) is 6.33 Å². The van der Waals surface area contributed by atoms with Crippen LogP contribution in [0.15, 0.2) is 108 Å². The van der Waals surface area contributed by atoms with Crippen molar-refractivity contribution in [2.24, 2.45) is 7.05 Å². The Balaban J connectivity index is 1.37. The molecule has 1 N–H and O–H groups in total. The van der Waals surface area contributed by atoms with Crippen molar-refractivity contribution in [2.75, 3.05) is 5.32 Å². The van der Waals surface area contributed by atoms with Crippen LogP contribution in [0.4, 0.5) is 5.69 Å². The molecule has 0 atom stereocenters. The Labute approximate surface area is 201 Å². The summed E-state index contributed by atoms with van der Waals surface area (Å²) < 4.78 is 3.67. The third kappa shape index (κ3) is 4.92. The minimum Gasteiger partial charge on any atom is -0.322 e. The Morgan fingerprint density at radius 2 is 1.65 bits per heavy atom. The number of carbonyl (C=O) groups excluding carboxylic acids is 1. The van der Waals surface area contributed by atoms with E-state index in [0.29, 0.717) is 23.5 Å². The average Bonchev–Trinajstić information content (AvgIpc) is 3.48. The summed E-state index contributed by atoms with van der Waals surface area (Å²) in [6.07, 6.45) is 3.47. The van der Waals surface area contributed by atoms with Gasteiger partial charge in [0.2, 0.25) is 0 Å². The van der Waals surface area contributed by atoms with Crippen molar-refractivity contribution in [1.29, 1.82) is 0 Å². The number of aryl methyl sites for hydroxylation is 1. The molecule has 0 saturated carbocycles. The second-order valence-corrected chi connectivity index (χ2v) is 8.79. The van der Waals surface area contributed by atoms with Crippen LogP contribution in [0.25, 0.3) is 11.3 Å². The van der Waals surface area contributed by atoms with Crippen molar-refractivity contribution in [3.8, 4) is 11.3 Å². The highest BCUT2D eigenvalue weighted by Crippen LogP contribution is 2.27. The summed E-state index contributed by atoms with van der Waals surface area (Å²) >= 11 is 1.51. The van der Waals surface area contributed by atoms with Gasteiger partial charge in [-0.2, -0.15) is 5.10 Å². The molecule has 0 spiro atoms. The molecule has 0 radical (unpaired) electrons. The molecule has 0 bridgehead atoms. The van der Waals surface area contributed by atoms with Gasteiger partial charge in [-0.15, -0.1) is 10.2 Å².